The largest absolute Gasteiger partial charge is 0.355 e. The lowest BCUT2D eigenvalue weighted by Crippen LogP contribution is -2.21. The number of rotatable bonds is 3. The van der Waals surface area contributed by atoms with E-state index in [1.807, 2.05) is 0 Å². The molecule has 1 fully saturated rings. The number of hydrogen-bond acceptors (Lipinski definition) is 1. The molecule has 1 rings (SSSR count). The summed E-state index contributed by atoms with van der Waals surface area (Å²) in [6.45, 7) is 3.81. The second-order valence-electron chi connectivity index (χ2n) is 3.89. The van der Waals surface area contributed by atoms with Crippen LogP contribution in [0.5, 0.6) is 0 Å². The van der Waals surface area contributed by atoms with E-state index < -0.39 is 0 Å². The van der Waals surface area contributed by atoms with E-state index in [2.05, 4.69) is 11.9 Å². The summed E-state index contributed by atoms with van der Waals surface area (Å²) in [7, 11) is 1.66. The van der Waals surface area contributed by atoms with Crippen LogP contribution in [0.1, 0.15) is 38.5 Å². The Hall–Kier alpha value is -0.790. The predicted octanol–water partition coefficient (Wildman–Crippen LogP) is 2.26. The van der Waals surface area contributed by atoms with Gasteiger partial charge in [-0.05, 0) is 12.3 Å². The summed E-state index contributed by atoms with van der Waals surface area (Å²) in [4.78, 5) is 11.2. The highest BCUT2D eigenvalue weighted by atomic mass is 16.1. The number of carbonyl (C=O) groups excluding carboxylic acids is 1. The fourth-order valence-corrected chi connectivity index (χ4v) is 2.01. The minimum absolute atomic E-state index is 0.00516. The van der Waals surface area contributed by atoms with Gasteiger partial charge in [0, 0.05) is 12.6 Å². The summed E-state index contributed by atoms with van der Waals surface area (Å²) >= 11 is 0. The van der Waals surface area contributed by atoms with Gasteiger partial charge in [0.2, 0.25) is 5.91 Å². The highest BCUT2D eigenvalue weighted by Crippen LogP contribution is 2.28. The predicted molar refractivity (Wildman–Crippen MR) is 54.4 cm³/mol. The van der Waals surface area contributed by atoms with Crippen molar-refractivity contribution < 1.29 is 4.79 Å². The summed E-state index contributed by atoms with van der Waals surface area (Å²) in [5, 5.41) is 2.62. The molecule has 0 heterocycles. The van der Waals surface area contributed by atoms with Crippen LogP contribution < -0.4 is 5.32 Å². The molecule has 0 radical (unpaired) electrons. The third-order valence-electron chi connectivity index (χ3n) is 2.81. The zero-order valence-corrected chi connectivity index (χ0v) is 8.44. The Bertz CT molecular complexity index is 192. The molecular formula is C11H19NO. The van der Waals surface area contributed by atoms with Crippen LogP contribution in [-0.4, -0.2) is 13.0 Å². The van der Waals surface area contributed by atoms with E-state index in [9.17, 15) is 4.79 Å². The topological polar surface area (TPSA) is 29.1 Å². The Morgan fingerprint density at radius 3 is 2.54 bits per heavy atom. The Balaban J connectivity index is 2.30. The first-order valence-corrected chi connectivity index (χ1v) is 5.14. The SMILES string of the molecule is C=C(CC1CCCCC1)C(=O)NC. The molecule has 2 heteroatoms. The molecule has 0 atom stereocenters. The Labute approximate surface area is 80.4 Å². The molecule has 1 aliphatic carbocycles. The molecular weight excluding hydrogens is 162 g/mol. The number of carbonyl (C=O) groups is 1. The van der Waals surface area contributed by atoms with Gasteiger partial charge in [-0.3, -0.25) is 4.79 Å². The zero-order chi connectivity index (χ0) is 9.68. The molecule has 0 aromatic carbocycles. The summed E-state index contributed by atoms with van der Waals surface area (Å²) in [6, 6.07) is 0. The maximum Gasteiger partial charge on any atom is 0.246 e. The number of nitrogens with one attached hydrogen (secondary N) is 1. The number of amides is 1. The third-order valence-corrected chi connectivity index (χ3v) is 2.81. The van der Waals surface area contributed by atoms with Gasteiger partial charge in [0.05, 0.1) is 0 Å². The summed E-state index contributed by atoms with van der Waals surface area (Å²) in [5.41, 5.74) is 0.745. The van der Waals surface area contributed by atoms with Gasteiger partial charge in [0.25, 0.3) is 0 Å². The maximum atomic E-state index is 11.2. The molecule has 13 heavy (non-hydrogen) atoms. The first-order valence-electron chi connectivity index (χ1n) is 5.14. The van der Waals surface area contributed by atoms with Gasteiger partial charge >= 0.3 is 0 Å². The highest BCUT2D eigenvalue weighted by molar-refractivity contribution is 5.92. The van der Waals surface area contributed by atoms with Gasteiger partial charge in [-0.2, -0.15) is 0 Å². The van der Waals surface area contributed by atoms with Crippen LogP contribution in [0.2, 0.25) is 0 Å². The smallest absolute Gasteiger partial charge is 0.246 e. The van der Waals surface area contributed by atoms with Crippen molar-refractivity contribution in [3.05, 3.63) is 12.2 Å². The van der Waals surface area contributed by atoms with Gasteiger partial charge in [0.1, 0.15) is 0 Å². The molecule has 0 saturated heterocycles. The van der Waals surface area contributed by atoms with E-state index in [0.29, 0.717) is 5.92 Å². The second kappa shape index (κ2) is 5.05. The molecule has 0 aromatic heterocycles. The Morgan fingerprint density at radius 2 is 2.00 bits per heavy atom. The zero-order valence-electron chi connectivity index (χ0n) is 8.44. The van der Waals surface area contributed by atoms with Gasteiger partial charge < -0.3 is 5.32 Å². The summed E-state index contributed by atoms with van der Waals surface area (Å²) < 4.78 is 0. The average Bonchev–Trinajstić information content (AvgIpc) is 2.18. The number of likely N-dealkylation sites (N-methyl/N-ethyl adjacent to an activating group) is 1. The average molecular weight is 181 g/mol. The van der Waals surface area contributed by atoms with Crippen LogP contribution in [0.15, 0.2) is 12.2 Å². The van der Waals surface area contributed by atoms with Crippen LogP contribution in [0.4, 0.5) is 0 Å². The van der Waals surface area contributed by atoms with Gasteiger partial charge in [-0.15, -0.1) is 0 Å². The van der Waals surface area contributed by atoms with Gasteiger partial charge in [-0.1, -0.05) is 38.7 Å². The normalized spacial score (nSPS) is 18.2. The van der Waals surface area contributed by atoms with Crippen molar-refractivity contribution in [3.8, 4) is 0 Å². The van der Waals surface area contributed by atoms with Crippen LogP contribution in [-0.2, 0) is 4.79 Å². The minimum Gasteiger partial charge on any atom is -0.355 e. The molecule has 1 aliphatic rings. The van der Waals surface area contributed by atoms with Crippen LogP contribution in [0, 0.1) is 5.92 Å². The lowest BCUT2D eigenvalue weighted by atomic mass is 9.85. The van der Waals surface area contributed by atoms with Crippen LogP contribution >= 0.6 is 0 Å². The molecule has 0 spiro atoms. The molecule has 2 nitrogen and oxygen atoms in total. The van der Waals surface area contributed by atoms with Crippen molar-refractivity contribution in [2.24, 2.45) is 5.92 Å². The first-order chi connectivity index (χ1) is 6.24. The van der Waals surface area contributed by atoms with E-state index in [1.165, 1.54) is 32.1 Å². The molecule has 0 bridgehead atoms. The number of hydrogen-bond donors (Lipinski definition) is 1. The summed E-state index contributed by atoms with van der Waals surface area (Å²) in [6.07, 6.45) is 7.45. The van der Waals surface area contributed by atoms with Crippen molar-refractivity contribution in [2.45, 2.75) is 38.5 Å². The fourth-order valence-electron chi connectivity index (χ4n) is 2.01. The molecule has 0 unspecified atom stereocenters. The lowest BCUT2D eigenvalue weighted by Gasteiger charge is -2.21. The fraction of sp³-hybridized carbons (Fsp3) is 0.727. The molecule has 1 N–H and O–H groups in total. The standard InChI is InChI=1S/C11H19NO/c1-9(11(13)12-2)8-10-6-4-3-5-7-10/h10H,1,3-8H2,2H3,(H,12,13). The van der Waals surface area contributed by atoms with Crippen molar-refractivity contribution in [2.75, 3.05) is 7.05 Å². The van der Waals surface area contributed by atoms with Crippen molar-refractivity contribution in [1.82, 2.24) is 5.32 Å². The van der Waals surface area contributed by atoms with Crippen LogP contribution in [0.25, 0.3) is 0 Å². The van der Waals surface area contributed by atoms with Crippen LogP contribution in [0.3, 0.4) is 0 Å². The Morgan fingerprint density at radius 1 is 1.38 bits per heavy atom. The third kappa shape index (κ3) is 3.21. The van der Waals surface area contributed by atoms with E-state index in [-0.39, 0.29) is 5.91 Å². The Kier molecular flexibility index (Phi) is 4.00. The van der Waals surface area contributed by atoms with Gasteiger partial charge in [0.15, 0.2) is 0 Å². The summed E-state index contributed by atoms with van der Waals surface area (Å²) in [5.74, 6) is 0.712. The molecule has 1 amide bonds. The van der Waals surface area contributed by atoms with E-state index in [1.54, 1.807) is 7.05 Å². The highest BCUT2D eigenvalue weighted by Gasteiger charge is 2.16. The van der Waals surface area contributed by atoms with Crippen molar-refractivity contribution >= 4 is 5.91 Å². The second-order valence-corrected chi connectivity index (χ2v) is 3.89. The lowest BCUT2D eigenvalue weighted by molar-refractivity contribution is -0.117. The maximum absolute atomic E-state index is 11.2. The van der Waals surface area contributed by atoms with Gasteiger partial charge in [-0.25, -0.2) is 0 Å². The first kappa shape index (κ1) is 10.3. The van der Waals surface area contributed by atoms with E-state index in [0.717, 1.165) is 12.0 Å². The molecule has 0 aromatic rings. The monoisotopic (exact) mass is 181 g/mol. The van der Waals surface area contributed by atoms with E-state index >= 15 is 0 Å². The molecule has 74 valence electrons. The molecule has 1 saturated carbocycles. The molecule has 0 aliphatic heterocycles. The minimum atomic E-state index is 0.00516. The van der Waals surface area contributed by atoms with E-state index in [4.69, 9.17) is 0 Å². The van der Waals surface area contributed by atoms with Crippen molar-refractivity contribution in [1.29, 1.82) is 0 Å². The quantitative estimate of drug-likeness (QED) is 0.665. The van der Waals surface area contributed by atoms with Crippen molar-refractivity contribution in [3.63, 3.8) is 0 Å².